The number of primary amides is 1. The van der Waals surface area contributed by atoms with E-state index >= 15 is 0 Å². The van der Waals surface area contributed by atoms with E-state index in [-0.39, 0.29) is 30.5 Å². The van der Waals surface area contributed by atoms with E-state index in [1.807, 2.05) is 0 Å². The molecular weight excluding hydrogens is 466 g/mol. The van der Waals surface area contributed by atoms with Gasteiger partial charge in [-0.25, -0.2) is 14.4 Å². The molecule has 4 N–H and O–H groups in total. The van der Waals surface area contributed by atoms with Crippen LogP contribution in [-0.2, 0) is 25.4 Å². The van der Waals surface area contributed by atoms with Crippen molar-refractivity contribution in [1.82, 2.24) is 5.32 Å². The Morgan fingerprint density at radius 2 is 1.76 bits per heavy atom. The molecule has 0 fully saturated rings. The fourth-order valence-corrected chi connectivity index (χ4v) is 3.77. The van der Waals surface area contributed by atoms with Gasteiger partial charge in [-0.3, -0.25) is 10.2 Å². The smallest absolute Gasteiger partial charge is 0.436 e. The highest BCUT2D eigenvalue weighted by Crippen LogP contribution is 2.31. The first-order chi connectivity index (χ1) is 16.3. The molecule has 12 nitrogen and oxygen atoms in total. The van der Waals surface area contributed by atoms with E-state index in [9.17, 15) is 18.9 Å². The molecule has 0 heterocycles. The van der Waals surface area contributed by atoms with Gasteiger partial charge in [0.15, 0.2) is 9.79 Å². The molecule has 1 atom stereocenters. The minimum Gasteiger partial charge on any atom is -0.606 e. The number of benzene rings is 2. The second-order valence-electron chi connectivity index (χ2n) is 6.42. The third-order valence-corrected chi connectivity index (χ3v) is 5.63. The Morgan fingerprint density at radius 1 is 1.06 bits per heavy atom. The predicted molar refractivity (Wildman–Crippen MR) is 125 cm³/mol. The largest absolute Gasteiger partial charge is 0.606 e. The van der Waals surface area contributed by atoms with Crippen LogP contribution in [0.5, 0.6) is 0 Å². The van der Waals surface area contributed by atoms with Crippen molar-refractivity contribution in [3.63, 3.8) is 0 Å². The van der Waals surface area contributed by atoms with Crippen molar-refractivity contribution in [2.45, 2.75) is 9.79 Å². The van der Waals surface area contributed by atoms with Crippen LogP contribution in [0.15, 0.2) is 63.3 Å². The van der Waals surface area contributed by atoms with Gasteiger partial charge in [0.25, 0.3) is 0 Å². The molecule has 0 aliphatic rings. The van der Waals surface area contributed by atoms with E-state index in [2.05, 4.69) is 25.1 Å². The van der Waals surface area contributed by atoms with Gasteiger partial charge in [0.1, 0.15) is 0 Å². The molecule has 4 amide bonds. The molecule has 34 heavy (non-hydrogen) atoms. The Labute approximate surface area is 199 Å². The molecule has 0 saturated carbocycles. The normalized spacial score (nSPS) is 11.8. The maximum atomic E-state index is 13.1. The lowest BCUT2D eigenvalue weighted by Gasteiger charge is -2.24. The Balaban J connectivity index is 2.57. The summed E-state index contributed by atoms with van der Waals surface area (Å²) in [5.74, 6) is -0.362. The molecule has 2 aromatic rings. The average molecular weight is 492 g/mol. The van der Waals surface area contributed by atoms with Gasteiger partial charge in [0, 0.05) is 24.4 Å². The summed E-state index contributed by atoms with van der Waals surface area (Å²) < 4.78 is 27.2. The number of hydrogen-bond donors (Lipinski definition) is 3. The van der Waals surface area contributed by atoms with Gasteiger partial charge in [-0.05, 0) is 24.3 Å². The van der Waals surface area contributed by atoms with Crippen LogP contribution in [0.3, 0.4) is 0 Å². The van der Waals surface area contributed by atoms with E-state index in [4.69, 9.17) is 10.5 Å². The summed E-state index contributed by atoms with van der Waals surface area (Å²) >= 11 is -1.58. The predicted octanol–water partition coefficient (Wildman–Crippen LogP) is 2.28. The first kappa shape index (κ1) is 26.4. The number of nitrogens with zero attached hydrogens (tertiary/aromatic N) is 2. The summed E-state index contributed by atoms with van der Waals surface area (Å²) in [6.07, 6.45) is -1.94. The molecule has 0 bridgehead atoms. The van der Waals surface area contributed by atoms with Gasteiger partial charge in [0.2, 0.25) is 5.96 Å². The number of nitrogens with two attached hydrogens (primary N) is 1. The Hall–Kier alpha value is -3.81. The monoisotopic (exact) mass is 491 g/mol. The quantitative estimate of drug-likeness (QED) is 0.301. The Kier molecular flexibility index (Phi) is 10.1. The molecule has 182 valence electrons. The Morgan fingerprint density at radius 3 is 2.35 bits per heavy atom. The van der Waals surface area contributed by atoms with Crippen LogP contribution >= 0.6 is 0 Å². The molecule has 0 spiro atoms. The highest BCUT2D eigenvalue weighted by molar-refractivity contribution is 7.91. The summed E-state index contributed by atoms with van der Waals surface area (Å²) in [5.41, 5.74) is 5.97. The average Bonchev–Trinajstić information content (AvgIpc) is 2.84. The lowest BCUT2D eigenvalue weighted by Crippen LogP contribution is -2.40. The van der Waals surface area contributed by atoms with Gasteiger partial charge in [-0.1, -0.05) is 18.2 Å². The van der Waals surface area contributed by atoms with Crippen LogP contribution in [0, 0.1) is 0 Å². The molecule has 0 saturated heterocycles. The molecule has 2 aromatic carbocycles. The third kappa shape index (κ3) is 7.37. The first-order valence-corrected chi connectivity index (χ1v) is 10.9. The minimum atomic E-state index is -1.58. The number of rotatable bonds is 7. The lowest BCUT2D eigenvalue weighted by molar-refractivity contribution is 0.176. The Bertz CT molecular complexity index is 1040. The van der Waals surface area contributed by atoms with Crippen molar-refractivity contribution >= 4 is 46.7 Å². The molecule has 2 rings (SSSR count). The van der Waals surface area contributed by atoms with Crippen LogP contribution in [-0.4, -0.2) is 63.2 Å². The number of aliphatic imine (C=N–C) groups is 1. The van der Waals surface area contributed by atoms with E-state index in [1.54, 1.807) is 36.4 Å². The number of anilines is 2. The van der Waals surface area contributed by atoms with Crippen molar-refractivity contribution in [2.24, 2.45) is 10.7 Å². The van der Waals surface area contributed by atoms with Gasteiger partial charge >= 0.3 is 18.2 Å². The zero-order chi connectivity index (χ0) is 25.1. The molecule has 1 unspecified atom stereocenters. The summed E-state index contributed by atoms with van der Waals surface area (Å²) in [5, 5.41) is 4.99. The molecule has 0 radical (unpaired) electrons. The molecular formula is C21H25N5O7S. The van der Waals surface area contributed by atoms with E-state index in [1.165, 1.54) is 24.1 Å². The summed E-state index contributed by atoms with van der Waals surface area (Å²) in [7, 11) is 3.70. The topological polar surface area (TPSA) is 168 Å². The molecule has 13 heteroatoms. The standard InChI is InChI=1S/C21H25N5O7S/c1-31-12-11-26(18(22)27)17-10-9-15(34(30)14-7-5-4-6-8-14)13-16(17)23-19(24-20(28)32-2)25-21(29)33-3/h4-10,13H,11-12H2,1-3H3,(H2,22,27)(H2,23,24,25,28,29). The number of carbonyl (C=O) groups excluding carboxylic acids is 3. The zero-order valence-electron chi connectivity index (χ0n) is 18.8. The molecule has 0 aromatic heterocycles. The summed E-state index contributed by atoms with van der Waals surface area (Å²) in [6, 6.07) is 12.5. The fourth-order valence-electron chi connectivity index (χ4n) is 2.68. The number of ether oxygens (including phenoxy) is 3. The zero-order valence-corrected chi connectivity index (χ0v) is 19.6. The number of carbonyl (C=O) groups is 3. The van der Waals surface area contributed by atoms with Crippen LogP contribution < -0.4 is 21.3 Å². The third-order valence-electron chi connectivity index (χ3n) is 4.25. The number of alkyl carbamates (subject to hydrolysis) is 1. The second kappa shape index (κ2) is 13.0. The maximum absolute atomic E-state index is 13.1. The number of hydrogen-bond acceptors (Lipinski definition) is 7. The van der Waals surface area contributed by atoms with Crippen molar-refractivity contribution in [1.29, 1.82) is 0 Å². The van der Waals surface area contributed by atoms with Crippen molar-refractivity contribution in [3.8, 4) is 0 Å². The van der Waals surface area contributed by atoms with Gasteiger partial charge in [-0.15, -0.1) is 4.99 Å². The van der Waals surface area contributed by atoms with Crippen molar-refractivity contribution < 1.29 is 33.1 Å². The highest BCUT2D eigenvalue weighted by atomic mass is 32.2. The number of amides is 4. The minimum absolute atomic E-state index is 0.0928. The maximum Gasteiger partial charge on any atom is 0.436 e. The van der Waals surface area contributed by atoms with Gasteiger partial charge in [0.05, 0.1) is 38.7 Å². The number of nitrogens with one attached hydrogen (secondary N) is 2. The highest BCUT2D eigenvalue weighted by Gasteiger charge is 2.23. The fraction of sp³-hybridized carbons (Fsp3) is 0.238. The summed E-state index contributed by atoms with van der Waals surface area (Å²) in [4.78, 5) is 41.3. The lowest BCUT2D eigenvalue weighted by atomic mass is 10.2. The van der Waals surface area contributed by atoms with Crippen LogP contribution in [0.4, 0.5) is 25.8 Å². The van der Waals surface area contributed by atoms with Gasteiger partial charge < -0.3 is 29.8 Å². The second-order valence-corrected chi connectivity index (χ2v) is 7.90. The first-order valence-electron chi connectivity index (χ1n) is 9.76. The molecule has 0 aliphatic carbocycles. The van der Waals surface area contributed by atoms with Crippen LogP contribution in [0.1, 0.15) is 0 Å². The SMILES string of the molecule is COCCN(C(N)=O)c1ccc([S+]([O-])c2ccccc2)cc1NC(=NC(=O)OC)NC(=O)OC. The van der Waals surface area contributed by atoms with Crippen LogP contribution in [0.2, 0.25) is 0 Å². The van der Waals surface area contributed by atoms with Crippen LogP contribution in [0.25, 0.3) is 0 Å². The van der Waals surface area contributed by atoms with Gasteiger partial charge in [-0.2, -0.15) is 0 Å². The van der Waals surface area contributed by atoms with Crippen molar-refractivity contribution in [3.05, 3.63) is 48.5 Å². The van der Waals surface area contributed by atoms with E-state index < -0.39 is 29.4 Å². The van der Waals surface area contributed by atoms with E-state index in [0.29, 0.717) is 9.79 Å². The van der Waals surface area contributed by atoms with E-state index in [0.717, 1.165) is 14.2 Å². The van der Waals surface area contributed by atoms with Crippen molar-refractivity contribution in [2.75, 3.05) is 44.7 Å². The number of urea groups is 1. The number of methoxy groups -OCH3 is 3. The summed E-state index contributed by atoms with van der Waals surface area (Å²) in [6.45, 7) is 0.263. The molecule has 0 aliphatic heterocycles. The number of guanidine groups is 1.